The first kappa shape index (κ1) is 10.6. The zero-order chi connectivity index (χ0) is 12.2. The van der Waals surface area contributed by atoms with Gasteiger partial charge < -0.3 is 9.52 Å². The van der Waals surface area contributed by atoms with E-state index >= 15 is 0 Å². The van der Waals surface area contributed by atoms with Gasteiger partial charge in [-0.2, -0.15) is 0 Å². The molecule has 1 aliphatic rings. The molecule has 1 fully saturated rings. The summed E-state index contributed by atoms with van der Waals surface area (Å²) in [6.07, 6.45) is 2.07. The lowest BCUT2D eigenvalue weighted by Gasteiger charge is -1.98. The number of halogens is 2. The van der Waals surface area contributed by atoms with E-state index in [-0.39, 0.29) is 10.6 Å². The molecule has 17 heavy (non-hydrogen) atoms. The molecule has 1 aromatic carbocycles. The Morgan fingerprint density at radius 1 is 1.47 bits per heavy atom. The molecule has 5 heteroatoms. The van der Waals surface area contributed by atoms with Crippen molar-refractivity contribution in [2.24, 2.45) is 0 Å². The third kappa shape index (κ3) is 1.60. The first-order valence-electron chi connectivity index (χ1n) is 5.22. The molecule has 0 saturated heterocycles. The van der Waals surface area contributed by atoms with Crippen molar-refractivity contribution in [2.45, 2.75) is 18.8 Å². The fraction of sp³-hybridized carbons (Fsp3) is 0.250. The lowest BCUT2D eigenvalue weighted by molar-refractivity contribution is 0.0665. The molecule has 0 unspecified atom stereocenters. The Hall–Kier alpha value is -1.55. The Morgan fingerprint density at radius 2 is 2.18 bits per heavy atom. The number of carboxylic acid groups (broad SMARTS) is 1. The zero-order valence-corrected chi connectivity index (χ0v) is 9.42. The van der Waals surface area contributed by atoms with Crippen LogP contribution in [0, 0.1) is 5.82 Å². The molecule has 0 radical (unpaired) electrons. The summed E-state index contributed by atoms with van der Waals surface area (Å²) in [6, 6.07) is 3.11. The highest BCUT2D eigenvalue weighted by Crippen LogP contribution is 2.43. The van der Waals surface area contributed by atoms with Crippen LogP contribution in [0.5, 0.6) is 0 Å². The van der Waals surface area contributed by atoms with Crippen molar-refractivity contribution in [3.8, 4) is 0 Å². The third-order valence-corrected chi connectivity index (χ3v) is 3.32. The predicted octanol–water partition coefficient (Wildman–Crippen LogP) is 3.80. The number of carboxylic acids is 1. The molecule has 0 aliphatic heterocycles. The number of rotatable bonds is 2. The van der Waals surface area contributed by atoms with Gasteiger partial charge in [-0.15, -0.1) is 0 Å². The smallest absolute Gasteiger partial charge is 0.373 e. The summed E-state index contributed by atoms with van der Waals surface area (Å²) in [5.41, 5.74) is 0.770. The summed E-state index contributed by atoms with van der Waals surface area (Å²) in [6.45, 7) is 0. The first-order chi connectivity index (χ1) is 8.08. The normalized spacial score (nSPS) is 15.4. The van der Waals surface area contributed by atoms with Gasteiger partial charge in [0.2, 0.25) is 5.76 Å². The number of fused-ring (bicyclic) bond motifs is 1. The van der Waals surface area contributed by atoms with E-state index in [1.807, 2.05) is 0 Å². The van der Waals surface area contributed by atoms with Crippen molar-refractivity contribution < 1.29 is 18.7 Å². The van der Waals surface area contributed by atoms with E-state index < -0.39 is 17.5 Å². The molecule has 88 valence electrons. The van der Waals surface area contributed by atoms with E-state index in [0.717, 1.165) is 18.4 Å². The fourth-order valence-corrected chi connectivity index (χ4v) is 2.20. The standard InChI is InChI=1S/C12H8ClFO3/c13-9-7-3-6(5-1-2-5)4-8(14)10(7)17-11(9)12(15)16/h3-5H,1-2H2,(H,15,16). The highest BCUT2D eigenvalue weighted by molar-refractivity contribution is 6.38. The van der Waals surface area contributed by atoms with Gasteiger partial charge in [0.1, 0.15) is 5.02 Å². The maximum atomic E-state index is 13.7. The van der Waals surface area contributed by atoms with Crippen LogP contribution in [0.2, 0.25) is 5.02 Å². The second-order valence-corrected chi connectivity index (χ2v) is 4.58. The van der Waals surface area contributed by atoms with Gasteiger partial charge in [-0.3, -0.25) is 0 Å². The minimum atomic E-state index is -1.29. The van der Waals surface area contributed by atoms with Crippen molar-refractivity contribution in [1.29, 1.82) is 0 Å². The SMILES string of the molecule is O=C(O)c1oc2c(F)cc(C3CC3)cc2c1Cl. The van der Waals surface area contributed by atoms with E-state index in [1.54, 1.807) is 6.07 Å². The highest BCUT2D eigenvalue weighted by atomic mass is 35.5. The largest absolute Gasteiger partial charge is 0.475 e. The number of hydrogen-bond acceptors (Lipinski definition) is 2. The minimum Gasteiger partial charge on any atom is -0.475 e. The van der Waals surface area contributed by atoms with Gasteiger partial charge in [0.25, 0.3) is 0 Å². The fourth-order valence-electron chi connectivity index (χ4n) is 1.94. The van der Waals surface area contributed by atoms with Crippen LogP contribution in [-0.2, 0) is 0 Å². The van der Waals surface area contributed by atoms with Gasteiger partial charge in [-0.05, 0) is 36.5 Å². The lowest BCUT2D eigenvalue weighted by Crippen LogP contribution is -1.93. The summed E-state index contributed by atoms with van der Waals surface area (Å²) < 4.78 is 18.7. The summed E-state index contributed by atoms with van der Waals surface area (Å²) in [5, 5.41) is 9.15. The van der Waals surface area contributed by atoms with E-state index in [9.17, 15) is 9.18 Å². The van der Waals surface area contributed by atoms with Gasteiger partial charge in [0, 0.05) is 5.39 Å². The molecule has 2 aromatic rings. The highest BCUT2D eigenvalue weighted by Gasteiger charge is 2.27. The summed E-state index contributed by atoms with van der Waals surface area (Å²) in [4.78, 5) is 10.8. The molecule has 1 heterocycles. The Balaban J connectivity index is 2.29. The van der Waals surface area contributed by atoms with Crippen molar-refractivity contribution in [2.75, 3.05) is 0 Å². The van der Waals surface area contributed by atoms with Crippen LogP contribution in [0.15, 0.2) is 16.5 Å². The topological polar surface area (TPSA) is 50.4 Å². The molecular weight excluding hydrogens is 247 g/mol. The molecular formula is C12H8ClFO3. The number of furan rings is 1. The van der Waals surface area contributed by atoms with Gasteiger partial charge in [-0.1, -0.05) is 11.6 Å². The van der Waals surface area contributed by atoms with Crippen LogP contribution >= 0.6 is 11.6 Å². The molecule has 1 aromatic heterocycles. The maximum absolute atomic E-state index is 13.7. The second-order valence-electron chi connectivity index (χ2n) is 4.20. The first-order valence-corrected chi connectivity index (χ1v) is 5.60. The summed E-state index contributed by atoms with van der Waals surface area (Å²) in [5.74, 6) is -1.89. The Kier molecular flexibility index (Phi) is 2.16. The summed E-state index contributed by atoms with van der Waals surface area (Å²) >= 11 is 5.88. The zero-order valence-electron chi connectivity index (χ0n) is 8.67. The Labute approximate surface area is 101 Å². The third-order valence-electron chi connectivity index (χ3n) is 2.95. The maximum Gasteiger partial charge on any atom is 0.373 e. The van der Waals surface area contributed by atoms with E-state index in [4.69, 9.17) is 21.1 Å². The van der Waals surface area contributed by atoms with E-state index in [1.165, 1.54) is 6.07 Å². The van der Waals surface area contributed by atoms with E-state index in [0.29, 0.717) is 11.3 Å². The van der Waals surface area contributed by atoms with Gasteiger partial charge in [-0.25, -0.2) is 9.18 Å². The molecule has 1 aliphatic carbocycles. The molecule has 0 amide bonds. The number of aromatic carboxylic acids is 1. The monoisotopic (exact) mass is 254 g/mol. The quantitative estimate of drug-likeness (QED) is 0.887. The second kappa shape index (κ2) is 3.47. The van der Waals surface area contributed by atoms with Crippen LogP contribution < -0.4 is 0 Å². The predicted molar refractivity (Wildman–Crippen MR) is 60.1 cm³/mol. The van der Waals surface area contributed by atoms with Gasteiger partial charge in [0.15, 0.2) is 11.4 Å². The van der Waals surface area contributed by atoms with Crippen molar-refractivity contribution >= 4 is 28.5 Å². The average Bonchev–Trinajstić information content (AvgIpc) is 3.05. The van der Waals surface area contributed by atoms with Crippen LogP contribution in [0.1, 0.15) is 34.9 Å². The van der Waals surface area contributed by atoms with Crippen molar-refractivity contribution in [3.63, 3.8) is 0 Å². The van der Waals surface area contributed by atoms with Gasteiger partial charge in [0.05, 0.1) is 0 Å². The molecule has 1 N–H and O–H groups in total. The van der Waals surface area contributed by atoms with Crippen LogP contribution in [0.4, 0.5) is 4.39 Å². The Morgan fingerprint density at radius 3 is 2.76 bits per heavy atom. The average molecular weight is 255 g/mol. The Bertz CT molecular complexity index is 628. The molecule has 3 nitrogen and oxygen atoms in total. The molecule has 0 spiro atoms. The van der Waals surface area contributed by atoms with Crippen LogP contribution in [0.25, 0.3) is 11.0 Å². The molecule has 0 bridgehead atoms. The molecule has 0 atom stereocenters. The van der Waals surface area contributed by atoms with Crippen LogP contribution in [-0.4, -0.2) is 11.1 Å². The molecule has 3 rings (SSSR count). The van der Waals surface area contributed by atoms with Crippen molar-refractivity contribution in [3.05, 3.63) is 34.3 Å². The van der Waals surface area contributed by atoms with Gasteiger partial charge >= 0.3 is 5.97 Å². The van der Waals surface area contributed by atoms with Crippen molar-refractivity contribution in [1.82, 2.24) is 0 Å². The number of carbonyl (C=O) groups is 1. The lowest BCUT2D eigenvalue weighted by atomic mass is 10.1. The number of hydrogen-bond donors (Lipinski definition) is 1. The van der Waals surface area contributed by atoms with E-state index in [2.05, 4.69) is 0 Å². The molecule has 1 saturated carbocycles. The number of benzene rings is 1. The minimum absolute atomic E-state index is 0.0334. The summed E-state index contributed by atoms with van der Waals surface area (Å²) in [7, 11) is 0. The van der Waals surface area contributed by atoms with Crippen LogP contribution in [0.3, 0.4) is 0 Å².